The van der Waals surface area contributed by atoms with Crippen LogP contribution in [0.1, 0.15) is 16.2 Å². The van der Waals surface area contributed by atoms with E-state index in [1.165, 1.54) is 29.8 Å². The molecule has 10 heteroatoms. The maximum absolute atomic E-state index is 12.9. The molecule has 0 aliphatic rings. The van der Waals surface area contributed by atoms with Gasteiger partial charge in [0.15, 0.2) is 5.69 Å². The SMILES string of the molecule is Cn1cc(NC(=O)c2ccc3ccc(=O)[nH]n23)c(C(F)(F)F)n1. The molecule has 0 radical (unpaired) electrons. The molecule has 120 valence electrons. The number of carbonyl (C=O) groups is 1. The standard InChI is InChI=1S/C13H10F3N5O2/c1-20-6-8(11(19-20)13(14,15)16)17-12(23)9-4-2-7-3-5-10(22)18-21(7)9/h2-6H,1H3,(H,17,23)(H,18,22). The summed E-state index contributed by atoms with van der Waals surface area (Å²) in [6.07, 6.45) is -3.64. The van der Waals surface area contributed by atoms with Gasteiger partial charge in [0.1, 0.15) is 5.69 Å². The Hall–Kier alpha value is -3.04. The zero-order valence-corrected chi connectivity index (χ0v) is 11.7. The number of aromatic amines is 1. The minimum Gasteiger partial charge on any atom is -0.317 e. The molecule has 23 heavy (non-hydrogen) atoms. The summed E-state index contributed by atoms with van der Waals surface area (Å²) in [6, 6.07) is 5.71. The number of hydrogen-bond acceptors (Lipinski definition) is 3. The van der Waals surface area contributed by atoms with E-state index in [9.17, 15) is 22.8 Å². The Labute approximate surface area is 126 Å². The molecular formula is C13H10F3N5O2. The van der Waals surface area contributed by atoms with Crippen molar-refractivity contribution >= 4 is 17.1 Å². The molecule has 0 aliphatic heterocycles. The summed E-state index contributed by atoms with van der Waals surface area (Å²) in [7, 11) is 1.31. The molecular weight excluding hydrogens is 315 g/mol. The Morgan fingerprint density at radius 1 is 1.26 bits per heavy atom. The third-order valence-electron chi connectivity index (χ3n) is 3.12. The number of anilines is 1. The number of hydrogen-bond donors (Lipinski definition) is 2. The maximum atomic E-state index is 12.9. The molecule has 0 unspecified atom stereocenters. The predicted molar refractivity (Wildman–Crippen MR) is 74.2 cm³/mol. The molecule has 2 N–H and O–H groups in total. The second-order valence-electron chi connectivity index (χ2n) is 4.81. The van der Waals surface area contributed by atoms with Gasteiger partial charge in [0, 0.05) is 19.3 Å². The molecule has 0 bridgehead atoms. The number of carbonyl (C=O) groups excluding carboxylic acids is 1. The van der Waals surface area contributed by atoms with Gasteiger partial charge in [-0.15, -0.1) is 0 Å². The largest absolute Gasteiger partial charge is 0.437 e. The van der Waals surface area contributed by atoms with Crippen LogP contribution in [0.25, 0.3) is 5.52 Å². The second kappa shape index (κ2) is 5.00. The highest BCUT2D eigenvalue weighted by molar-refractivity contribution is 6.04. The molecule has 0 fully saturated rings. The lowest BCUT2D eigenvalue weighted by Crippen LogP contribution is -2.20. The first-order valence-corrected chi connectivity index (χ1v) is 6.39. The summed E-state index contributed by atoms with van der Waals surface area (Å²) in [6.45, 7) is 0. The van der Waals surface area contributed by atoms with Gasteiger partial charge in [-0.25, -0.2) is 4.52 Å². The summed E-state index contributed by atoms with van der Waals surface area (Å²) in [5, 5.41) is 7.88. The van der Waals surface area contributed by atoms with Crippen molar-refractivity contribution in [2.45, 2.75) is 6.18 Å². The third-order valence-corrected chi connectivity index (χ3v) is 3.12. The highest BCUT2D eigenvalue weighted by atomic mass is 19.4. The lowest BCUT2D eigenvalue weighted by atomic mass is 10.3. The van der Waals surface area contributed by atoms with Crippen LogP contribution < -0.4 is 10.9 Å². The molecule has 0 spiro atoms. The number of halogens is 3. The van der Waals surface area contributed by atoms with Crippen LogP contribution >= 0.6 is 0 Å². The summed E-state index contributed by atoms with van der Waals surface area (Å²) in [4.78, 5) is 23.6. The van der Waals surface area contributed by atoms with Crippen molar-refractivity contribution in [3.63, 3.8) is 0 Å². The molecule has 0 aliphatic carbocycles. The van der Waals surface area contributed by atoms with Gasteiger partial charge in [-0.2, -0.15) is 18.3 Å². The normalized spacial score (nSPS) is 11.8. The van der Waals surface area contributed by atoms with Crippen molar-refractivity contribution < 1.29 is 18.0 Å². The van der Waals surface area contributed by atoms with Gasteiger partial charge in [-0.1, -0.05) is 0 Å². The Morgan fingerprint density at radius 2 is 1.96 bits per heavy atom. The number of H-pyrrole nitrogens is 1. The van der Waals surface area contributed by atoms with Gasteiger partial charge in [-0.3, -0.25) is 19.4 Å². The van der Waals surface area contributed by atoms with E-state index in [4.69, 9.17) is 0 Å². The van der Waals surface area contributed by atoms with Gasteiger partial charge >= 0.3 is 6.18 Å². The lowest BCUT2D eigenvalue weighted by Gasteiger charge is -2.07. The van der Waals surface area contributed by atoms with Crippen LogP contribution in [0, 0.1) is 0 Å². The molecule has 3 aromatic rings. The van der Waals surface area contributed by atoms with Crippen LogP contribution in [0.4, 0.5) is 18.9 Å². The Morgan fingerprint density at radius 3 is 2.65 bits per heavy atom. The summed E-state index contributed by atoms with van der Waals surface area (Å²) < 4.78 is 40.8. The number of alkyl halides is 3. The third kappa shape index (κ3) is 2.70. The fourth-order valence-electron chi connectivity index (χ4n) is 2.17. The highest BCUT2D eigenvalue weighted by Gasteiger charge is 2.37. The van der Waals surface area contributed by atoms with Crippen molar-refractivity contribution in [2.75, 3.05) is 5.32 Å². The van der Waals surface area contributed by atoms with Gasteiger partial charge in [-0.05, 0) is 18.2 Å². The second-order valence-corrected chi connectivity index (χ2v) is 4.81. The van der Waals surface area contributed by atoms with E-state index in [1.54, 1.807) is 6.07 Å². The van der Waals surface area contributed by atoms with E-state index in [0.717, 1.165) is 10.9 Å². The van der Waals surface area contributed by atoms with Crippen LogP contribution in [0.15, 0.2) is 35.3 Å². The smallest absolute Gasteiger partial charge is 0.317 e. The summed E-state index contributed by atoms with van der Waals surface area (Å²) >= 11 is 0. The fourth-order valence-corrected chi connectivity index (χ4v) is 2.17. The van der Waals surface area contributed by atoms with E-state index in [2.05, 4.69) is 15.5 Å². The van der Waals surface area contributed by atoms with Crippen molar-refractivity contribution in [3.8, 4) is 0 Å². The minimum atomic E-state index is -4.70. The first-order valence-electron chi connectivity index (χ1n) is 6.39. The molecule has 0 saturated carbocycles. The molecule has 3 aromatic heterocycles. The number of rotatable bonds is 2. The predicted octanol–water partition coefficient (Wildman–Crippen LogP) is 1.63. The maximum Gasteiger partial charge on any atom is 0.437 e. The van der Waals surface area contributed by atoms with Crippen molar-refractivity contribution in [1.82, 2.24) is 19.4 Å². The molecule has 0 aromatic carbocycles. The molecule has 3 heterocycles. The minimum absolute atomic E-state index is 0.00493. The van der Waals surface area contributed by atoms with Gasteiger partial charge < -0.3 is 5.32 Å². The fraction of sp³-hybridized carbons (Fsp3) is 0.154. The van der Waals surface area contributed by atoms with Crippen LogP contribution in [0.3, 0.4) is 0 Å². The van der Waals surface area contributed by atoms with Crippen molar-refractivity contribution in [2.24, 2.45) is 7.05 Å². The van der Waals surface area contributed by atoms with Crippen molar-refractivity contribution in [1.29, 1.82) is 0 Å². The van der Waals surface area contributed by atoms with Crippen LogP contribution in [0.5, 0.6) is 0 Å². The first kappa shape index (κ1) is 14.9. The summed E-state index contributed by atoms with van der Waals surface area (Å²) in [5.41, 5.74) is -1.58. The highest BCUT2D eigenvalue weighted by Crippen LogP contribution is 2.33. The summed E-state index contributed by atoms with van der Waals surface area (Å²) in [5.74, 6) is -0.801. The van der Waals surface area contributed by atoms with Crippen LogP contribution in [-0.2, 0) is 13.2 Å². The average Bonchev–Trinajstić information content (AvgIpc) is 3.01. The topological polar surface area (TPSA) is 84.2 Å². The van der Waals surface area contributed by atoms with Crippen LogP contribution in [-0.4, -0.2) is 25.3 Å². The van der Waals surface area contributed by atoms with Gasteiger partial charge in [0.2, 0.25) is 0 Å². The quantitative estimate of drug-likeness (QED) is 0.751. The van der Waals surface area contributed by atoms with Crippen LogP contribution in [0.2, 0.25) is 0 Å². The van der Waals surface area contributed by atoms with E-state index in [1.807, 2.05) is 0 Å². The molecule has 0 atom stereocenters. The molecule has 7 nitrogen and oxygen atoms in total. The number of aromatic nitrogens is 4. The van der Waals surface area contributed by atoms with E-state index >= 15 is 0 Å². The number of amides is 1. The van der Waals surface area contributed by atoms with E-state index in [-0.39, 0.29) is 5.69 Å². The number of nitrogens with zero attached hydrogens (tertiary/aromatic N) is 3. The zero-order chi connectivity index (χ0) is 16.8. The van der Waals surface area contributed by atoms with E-state index in [0.29, 0.717) is 5.52 Å². The molecule has 1 amide bonds. The number of aryl methyl sites for hydroxylation is 1. The Balaban J connectivity index is 1.99. The number of nitrogens with one attached hydrogen (secondary N) is 2. The Kier molecular flexibility index (Phi) is 3.24. The van der Waals surface area contributed by atoms with Gasteiger partial charge in [0.25, 0.3) is 11.5 Å². The lowest BCUT2D eigenvalue weighted by molar-refractivity contribution is -0.140. The first-order chi connectivity index (χ1) is 10.8. The number of fused-ring (bicyclic) bond motifs is 1. The molecule has 0 saturated heterocycles. The van der Waals surface area contributed by atoms with Gasteiger partial charge in [0.05, 0.1) is 11.2 Å². The zero-order valence-electron chi connectivity index (χ0n) is 11.7. The van der Waals surface area contributed by atoms with Crippen molar-refractivity contribution in [3.05, 3.63) is 52.2 Å². The van der Waals surface area contributed by atoms with E-state index < -0.39 is 29.0 Å². The molecule has 3 rings (SSSR count). The average molecular weight is 325 g/mol. The Bertz CT molecular complexity index is 951. The monoisotopic (exact) mass is 325 g/mol.